The van der Waals surface area contributed by atoms with Gasteiger partial charge in [0.25, 0.3) is 5.91 Å². The molecule has 0 bridgehead atoms. The number of hydrogen-bond donors (Lipinski definition) is 2. The largest absolute Gasteiger partial charge is 0.384 e. The van der Waals surface area contributed by atoms with Crippen LogP contribution < -0.4 is 5.32 Å². The van der Waals surface area contributed by atoms with Gasteiger partial charge in [0.2, 0.25) is 0 Å². The number of aryl methyl sites for hydroxylation is 1. The van der Waals surface area contributed by atoms with Crippen LogP contribution in [0.1, 0.15) is 41.0 Å². The summed E-state index contributed by atoms with van der Waals surface area (Å²) < 4.78 is 1.66. The average molecular weight is 350 g/mol. The molecule has 3 aromatic rings. The molecule has 1 amide bonds. The van der Waals surface area contributed by atoms with Crippen LogP contribution >= 0.6 is 0 Å². The highest BCUT2D eigenvalue weighted by molar-refractivity contribution is 6.04. The molecule has 0 radical (unpaired) electrons. The Labute approximate surface area is 152 Å². The van der Waals surface area contributed by atoms with Crippen LogP contribution in [0.5, 0.6) is 0 Å². The number of anilines is 1. The van der Waals surface area contributed by atoms with Crippen LogP contribution in [0.2, 0.25) is 0 Å². The van der Waals surface area contributed by atoms with Crippen LogP contribution in [0.15, 0.2) is 54.7 Å². The smallest absolute Gasteiger partial charge is 0.255 e. The molecule has 0 aliphatic rings. The van der Waals surface area contributed by atoms with Crippen LogP contribution in [0.4, 0.5) is 5.69 Å². The number of carbonyl (C=O) groups excluding carboxylic acids is 1. The van der Waals surface area contributed by atoms with Crippen molar-refractivity contribution >= 4 is 11.6 Å². The van der Waals surface area contributed by atoms with Gasteiger partial charge in [-0.3, -0.25) is 4.79 Å². The van der Waals surface area contributed by atoms with Gasteiger partial charge in [0.05, 0.1) is 12.7 Å². The first-order chi connectivity index (χ1) is 12.3. The Hall–Kier alpha value is -2.99. The molecule has 0 spiro atoms. The zero-order chi connectivity index (χ0) is 18.7. The lowest BCUT2D eigenvalue weighted by Crippen LogP contribution is -2.15. The van der Waals surface area contributed by atoms with E-state index in [4.69, 9.17) is 0 Å². The molecule has 134 valence electrons. The molecule has 26 heavy (non-hydrogen) atoms. The number of nitrogens with one attached hydrogen (secondary N) is 1. The molecule has 3 rings (SSSR count). The molecular weight excluding hydrogens is 328 g/mol. The third-order valence-corrected chi connectivity index (χ3v) is 4.04. The van der Waals surface area contributed by atoms with Gasteiger partial charge in [-0.05, 0) is 50.6 Å². The maximum Gasteiger partial charge on any atom is 0.255 e. The van der Waals surface area contributed by atoms with Crippen LogP contribution in [-0.2, 0) is 12.1 Å². The highest BCUT2D eigenvalue weighted by Gasteiger charge is 2.20. The Balaban J connectivity index is 1.65. The summed E-state index contributed by atoms with van der Waals surface area (Å²) in [6.07, 6.45) is 1.72. The number of carbonyl (C=O) groups is 1. The normalized spacial score (nSPS) is 11.4. The number of hydrogen-bond acceptors (Lipinski definition) is 4. The Morgan fingerprint density at radius 1 is 1.12 bits per heavy atom. The molecule has 1 aromatic heterocycles. The second-order valence-electron chi connectivity index (χ2n) is 6.88. The van der Waals surface area contributed by atoms with E-state index in [1.807, 2.05) is 43.3 Å². The second kappa shape index (κ2) is 7.09. The van der Waals surface area contributed by atoms with E-state index >= 15 is 0 Å². The molecule has 0 atom stereocenters. The lowest BCUT2D eigenvalue weighted by Gasteiger charge is -2.11. The van der Waals surface area contributed by atoms with Crippen molar-refractivity contribution in [1.29, 1.82) is 0 Å². The van der Waals surface area contributed by atoms with Crippen molar-refractivity contribution in [3.8, 4) is 0 Å². The molecule has 2 N–H and O–H groups in total. The minimum absolute atomic E-state index is 0.148. The molecular formula is C20H22N4O2. The lowest BCUT2D eigenvalue weighted by molar-refractivity contribution is 0.0737. The summed E-state index contributed by atoms with van der Waals surface area (Å²) in [6.45, 7) is 5.86. The van der Waals surface area contributed by atoms with Crippen LogP contribution in [-0.4, -0.2) is 26.0 Å². The van der Waals surface area contributed by atoms with Crippen molar-refractivity contribution in [3.63, 3.8) is 0 Å². The van der Waals surface area contributed by atoms with Crippen molar-refractivity contribution in [2.75, 3.05) is 5.32 Å². The fourth-order valence-corrected chi connectivity index (χ4v) is 2.44. The fraction of sp³-hybridized carbons (Fsp3) is 0.250. The summed E-state index contributed by atoms with van der Waals surface area (Å²) >= 11 is 0. The Bertz CT molecular complexity index is 891. The van der Waals surface area contributed by atoms with Gasteiger partial charge in [-0.15, -0.1) is 5.10 Å². The first-order valence-electron chi connectivity index (χ1n) is 8.41. The Kier molecular flexibility index (Phi) is 4.86. The molecule has 6 nitrogen and oxygen atoms in total. The molecule has 6 heteroatoms. The molecule has 0 saturated carbocycles. The highest BCUT2D eigenvalue weighted by Crippen LogP contribution is 2.16. The van der Waals surface area contributed by atoms with E-state index in [2.05, 4.69) is 15.6 Å². The molecule has 0 unspecified atom stereocenters. The van der Waals surface area contributed by atoms with Crippen LogP contribution in [0, 0.1) is 6.92 Å². The first-order valence-corrected chi connectivity index (χ1v) is 8.41. The maximum absolute atomic E-state index is 12.3. The van der Waals surface area contributed by atoms with Crippen molar-refractivity contribution in [3.05, 3.63) is 77.1 Å². The fourth-order valence-electron chi connectivity index (χ4n) is 2.44. The summed E-state index contributed by atoms with van der Waals surface area (Å²) in [6, 6.07) is 15.0. The number of amides is 1. The summed E-state index contributed by atoms with van der Waals surface area (Å²) in [7, 11) is 0. The van der Waals surface area contributed by atoms with Gasteiger partial charge in [-0.1, -0.05) is 35.0 Å². The van der Waals surface area contributed by atoms with Crippen LogP contribution in [0.3, 0.4) is 0 Å². The first kappa shape index (κ1) is 17.8. The van der Waals surface area contributed by atoms with Gasteiger partial charge in [0.15, 0.2) is 0 Å². The summed E-state index contributed by atoms with van der Waals surface area (Å²) in [5.41, 5.74) is 3.00. The summed E-state index contributed by atoms with van der Waals surface area (Å²) in [5.74, 6) is -0.148. The Morgan fingerprint density at radius 2 is 1.77 bits per heavy atom. The van der Waals surface area contributed by atoms with E-state index in [0.29, 0.717) is 17.8 Å². The van der Waals surface area contributed by atoms with E-state index in [-0.39, 0.29) is 5.91 Å². The SMILES string of the molecule is Cc1ccc(NC(=O)c2ccc(Cn3cc(C(C)(C)O)nn3)cc2)cc1. The van der Waals surface area contributed by atoms with Crippen molar-refractivity contribution in [1.82, 2.24) is 15.0 Å². The van der Waals surface area contributed by atoms with E-state index < -0.39 is 5.60 Å². The predicted octanol–water partition coefficient (Wildman–Crippen LogP) is 3.11. The van der Waals surface area contributed by atoms with Gasteiger partial charge >= 0.3 is 0 Å². The quantitative estimate of drug-likeness (QED) is 0.741. The predicted molar refractivity (Wildman–Crippen MR) is 99.9 cm³/mol. The lowest BCUT2D eigenvalue weighted by atomic mass is 10.1. The average Bonchev–Trinajstić information content (AvgIpc) is 3.06. The molecule has 1 heterocycles. The summed E-state index contributed by atoms with van der Waals surface area (Å²) in [5, 5.41) is 20.8. The van der Waals surface area contributed by atoms with E-state index in [9.17, 15) is 9.90 Å². The van der Waals surface area contributed by atoms with Gasteiger partial charge in [-0.2, -0.15) is 0 Å². The Morgan fingerprint density at radius 3 is 2.35 bits per heavy atom. The van der Waals surface area contributed by atoms with Gasteiger partial charge < -0.3 is 10.4 Å². The molecule has 0 aliphatic carbocycles. The monoisotopic (exact) mass is 350 g/mol. The molecule has 0 saturated heterocycles. The third kappa shape index (κ3) is 4.34. The van der Waals surface area contributed by atoms with Gasteiger partial charge in [-0.25, -0.2) is 4.68 Å². The standard InChI is InChI=1S/C20H22N4O2/c1-14-4-10-17(11-5-14)21-19(25)16-8-6-15(7-9-16)12-24-13-18(22-23-24)20(2,3)26/h4-11,13,26H,12H2,1-3H3,(H,21,25). The number of rotatable bonds is 5. The topological polar surface area (TPSA) is 80.0 Å². The van der Waals surface area contributed by atoms with E-state index in [1.54, 1.807) is 36.9 Å². The summed E-state index contributed by atoms with van der Waals surface area (Å²) in [4.78, 5) is 12.3. The van der Waals surface area contributed by atoms with Gasteiger partial charge in [0, 0.05) is 11.3 Å². The van der Waals surface area contributed by atoms with Crippen molar-refractivity contribution in [2.45, 2.75) is 32.9 Å². The number of aromatic nitrogens is 3. The van der Waals surface area contributed by atoms with E-state index in [1.165, 1.54) is 0 Å². The second-order valence-corrected chi connectivity index (χ2v) is 6.88. The minimum atomic E-state index is -1.02. The number of benzene rings is 2. The molecule has 0 fully saturated rings. The highest BCUT2D eigenvalue weighted by atomic mass is 16.3. The third-order valence-electron chi connectivity index (χ3n) is 4.04. The van der Waals surface area contributed by atoms with Crippen LogP contribution in [0.25, 0.3) is 0 Å². The number of nitrogens with zero attached hydrogens (tertiary/aromatic N) is 3. The molecule has 0 aliphatic heterocycles. The molecule has 2 aromatic carbocycles. The van der Waals surface area contributed by atoms with Crippen molar-refractivity contribution < 1.29 is 9.90 Å². The minimum Gasteiger partial charge on any atom is -0.384 e. The zero-order valence-electron chi connectivity index (χ0n) is 15.1. The zero-order valence-corrected chi connectivity index (χ0v) is 15.1. The van der Waals surface area contributed by atoms with Gasteiger partial charge in [0.1, 0.15) is 11.3 Å². The number of aliphatic hydroxyl groups is 1. The van der Waals surface area contributed by atoms with Crippen molar-refractivity contribution in [2.24, 2.45) is 0 Å². The maximum atomic E-state index is 12.3. The van der Waals surface area contributed by atoms with E-state index in [0.717, 1.165) is 16.8 Å².